The molecule has 1 amide bonds. The summed E-state index contributed by atoms with van der Waals surface area (Å²) in [5.74, 6) is -2.44. The van der Waals surface area contributed by atoms with Crippen molar-refractivity contribution >= 4 is 34.8 Å². The summed E-state index contributed by atoms with van der Waals surface area (Å²) < 4.78 is 40.7. The van der Waals surface area contributed by atoms with Crippen LogP contribution < -0.4 is 10.6 Å². The maximum atomic E-state index is 13.3. The molecule has 170 valence electrons. The monoisotopic (exact) mass is 478 g/mol. The van der Waals surface area contributed by atoms with E-state index in [0.717, 1.165) is 4.68 Å². The van der Waals surface area contributed by atoms with Gasteiger partial charge in [-0.1, -0.05) is 23.7 Å². The Morgan fingerprint density at radius 1 is 1.21 bits per heavy atom. The molecule has 13 heteroatoms. The van der Waals surface area contributed by atoms with Crippen LogP contribution in [-0.2, 0) is 11.0 Å². The van der Waals surface area contributed by atoms with Gasteiger partial charge in [-0.05, 0) is 37.3 Å². The molecule has 0 radical (unpaired) electrons. The molecule has 2 N–H and O–H groups in total. The highest BCUT2D eigenvalue weighted by Crippen LogP contribution is 2.40. The van der Waals surface area contributed by atoms with Gasteiger partial charge in [-0.3, -0.25) is 14.9 Å². The van der Waals surface area contributed by atoms with Crippen LogP contribution in [0.4, 0.5) is 30.5 Å². The summed E-state index contributed by atoms with van der Waals surface area (Å²) in [4.78, 5) is 27.7. The molecule has 1 aromatic heterocycles. The van der Waals surface area contributed by atoms with E-state index in [2.05, 4.69) is 20.7 Å². The van der Waals surface area contributed by atoms with Crippen molar-refractivity contribution in [3.63, 3.8) is 0 Å². The van der Waals surface area contributed by atoms with Crippen molar-refractivity contribution in [3.8, 4) is 0 Å². The zero-order valence-electron chi connectivity index (χ0n) is 16.7. The van der Waals surface area contributed by atoms with E-state index in [4.69, 9.17) is 11.6 Å². The van der Waals surface area contributed by atoms with Crippen molar-refractivity contribution in [1.29, 1.82) is 0 Å². The fourth-order valence-corrected chi connectivity index (χ4v) is 3.60. The molecule has 1 unspecified atom stereocenters. The average molecular weight is 479 g/mol. The first kappa shape index (κ1) is 22.3. The van der Waals surface area contributed by atoms with Gasteiger partial charge in [0.2, 0.25) is 5.95 Å². The van der Waals surface area contributed by atoms with Crippen molar-refractivity contribution in [2.45, 2.75) is 19.1 Å². The van der Waals surface area contributed by atoms with Crippen LogP contribution in [-0.4, -0.2) is 25.6 Å². The van der Waals surface area contributed by atoms with E-state index in [1.807, 2.05) is 0 Å². The Kier molecular flexibility index (Phi) is 5.54. The van der Waals surface area contributed by atoms with E-state index in [1.165, 1.54) is 43.3 Å². The molecule has 33 heavy (non-hydrogen) atoms. The summed E-state index contributed by atoms with van der Waals surface area (Å²) in [6, 6.07) is 10.3. The number of aromatic nitrogens is 3. The lowest BCUT2D eigenvalue weighted by Gasteiger charge is -2.28. The SMILES string of the molecule is CC1=C(C(=O)Nc2ccc(Cl)cc2)C(c2ccccc2[N+](=O)[O-])n2nc(C(F)(F)F)nc2N1. The predicted molar refractivity (Wildman–Crippen MR) is 113 cm³/mol. The van der Waals surface area contributed by atoms with E-state index >= 15 is 0 Å². The number of nitrogens with one attached hydrogen (secondary N) is 2. The lowest BCUT2D eigenvalue weighted by molar-refractivity contribution is -0.385. The summed E-state index contributed by atoms with van der Waals surface area (Å²) in [6.45, 7) is 1.46. The number of nitro groups is 1. The number of carbonyl (C=O) groups is 1. The number of allylic oxidation sites excluding steroid dienone is 1. The number of alkyl halides is 3. The molecule has 1 aliphatic heterocycles. The zero-order chi connectivity index (χ0) is 23.9. The number of para-hydroxylation sites is 1. The van der Waals surface area contributed by atoms with Crippen LogP contribution in [0, 0.1) is 10.1 Å². The quantitative estimate of drug-likeness (QED) is 0.411. The highest BCUT2D eigenvalue weighted by atomic mass is 35.5. The third kappa shape index (κ3) is 4.24. The molecule has 1 aliphatic rings. The van der Waals surface area contributed by atoms with Gasteiger partial charge >= 0.3 is 6.18 Å². The number of benzene rings is 2. The molecule has 0 spiro atoms. The van der Waals surface area contributed by atoms with Crippen LogP contribution >= 0.6 is 11.6 Å². The van der Waals surface area contributed by atoms with Crippen molar-refractivity contribution < 1.29 is 22.9 Å². The number of fused-ring (bicyclic) bond motifs is 1. The van der Waals surface area contributed by atoms with Gasteiger partial charge in [-0.2, -0.15) is 18.2 Å². The van der Waals surface area contributed by atoms with E-state index in [9.17, 15) is 28.1 Å². The lowest BCUT2D eigenvalue weighted by Crippen LogP contribution is -2.32. The standard InChI is InChI=1S/C20H14ClF3N6O3/c1-10-15(17(31)26-12-8-6-11(21)7-9-12)16(13-4-2-3-5-14(13)30(32)33)29-19(25-10)27-18(28-29)20(22,23)24/h2-9,16H,1H3,(H,26,31)(H,25,27,28). The highest BCUT2D eigenvalue weighted by Gasteiger charge is 2.42. The number of nitrogens with zero attached hydrogens (tertiary/aromatic N) is 4. The van der Waals surface area contributed by atoms with Crippen LogP contribution in [0.25, 0.3) is 0 Å². The van der Waals surface area contributed by atoms with Crippen molar-refractivity contribution in [1.82, 2.24) is 14.8 Å². The van der Waals surface area contributed by atoms with Gasteiger partial charge in [0.1, 0.15) is 6.04 Å². The molecule has 2 aromatic carbocycles. The molecule has 3 aromatic rings. The summed E-state index contributed by atoms with van der Waals surface area (Å²) in [7, 11) is 0. The maximum absolute atomic E-state index is 13.3. The topological polar surface area (TPSA) is 115 Å². The molecule has 0 aliphatic carbocycles. The molecule has 2 heterocycles. The first-order valence-corrected chi connectivity index (χ1v) is 9.76. The Morgan fingerprint density at radius 3 is 2.52 bits per heavy atom. The normalized spacial score (nSPS) is 15.6. The van der Waals surface area contributed by atoms with Crippen LogP contribution in [0.2, 0.25) is 5.02 Å². The maximum Gasteiger partial charge on any atom is 0.453 e. The number of carbonyl (C=O) groups excluding carboxylic acids is 1. The minimum Gasteiger partial charge on any atom is -0.328 e. The van der Waals surface area contributed by atoms with E-state index in [1.54, 1.807) is 12.1 Å². The minimum atomic E-state index is -4.86. The second-order valence-corrected chi connectivity index (χ2v) is 7.48. The van der Waals surface area contributed by atoms with Crippen molar-refractivity contribution in [2.24, 2.45) is 0 Å². The number of anilines is 2. The second kappa shape index (κ2) is 8.20. The largest absolute Gasteiger partial charge is 0.453 e. The number of hydrogen-bond acceptors (Lipinski definition) is 6. The van der Waals surface area contributed by atoms with Gasteiger partial charge in [0.05, 0.1) is 16.1 Å². The van der Waals surface area contributed by atoms with Gasteiger partial charge in [0, 0.05) is 22.5 Å². The molecule has 0 saturated heterocycles. The Balaban J connectivity index is 1.87. The average Bonchev–Trinajstić information content (AvgIpc) is 3.18. The van der Waals surface area contributed by atoms with E-state index < -0.39 is 28.9 Å². The number of rotatable bonds is 4. The van der Waals surface area contributed by atoms with Gasteiger partial charge < -0.3 is 10.6 Å². The lowest BCUT2D eigenvalue weighted by atomic mass is 9.93. The molecular weight excluding hydrogens is 465 g/mol. The fraction of sp³-hybridized carbons (Fsp3) is 0.150. The Hall–Kier alpha value is -3.93. The van der Waals surface area contributed by atoms with Crippen molar-refractivity contribution in [3.05, 3.63) is 86.3 Å². The molecule has 0 fully saturated rings. The molecular formula is C20H14ClF3N6O3. The van der Waals surface area contributed by atoms with Crippen LogP contribution in [0.5, 0.6) is 0 Å². The van der Waals surface area contributed by atoms with E-state index in [0.29, 0.717) is 10.7 Å². The summed E-state index contributed by atoms with van der Waals surface area (Å²) in [5.41, 5.74) is 0.0588. The summed E-state index contributed by atoms with van der Waals surface area (Å²) >= 11 is 5.86. The van der Waals surface area contributed by atoms with Crippen LogP contribution in [0.3, 0.4) is 0 Å². The third-order valence-corrected chi connectivity index (χ3v) is 5.13. The third-order valence-electron chi connectivity index (χ3n) is 4.88. The van der Waals surface area contributed by atoms with E-state index in [-0.39, 0.29) is 28.5 Å². The first-order chi connectivity index (χ1) is 15.6. The molecule has 4 rings (SSSR count). The highest BCUT2D eigenvalue weighted by molar-refractivity contribution is 6.30. The van der Waals surface area contributed by atoms with Crippen LogP contribution in [0.15, 0.2) is 59.8 Å². The molecule has 0 saturated carbocycles. The first-order valence-electron chi connectivity index (χ1n) is 9.38. The fourth-order valence-electron chi connectivity index (χ4n) is 3.47. The molecule has 9 nitrogen and oxygen atoms in total. The second-order valence-electron chi connectivity index (χ2n) is 7.04. The Labute approximate surface area is 189 Å². The predicted octanol–water partition coefficient (Wildman–Crippen LogP) is 4.79. The summed E-state index contributed by atoms with van der Waals surface area (Å²) in [5, 5.41) is 20.9. The Morgan fingerprint density at radius 2 is 1.88 bits per heavy atom. The number of hydrogen-bond donors (Lipinski definition) is 2. The Bertz CT molecular complexity index is 1290. The number of halogens is 4. The van der Waals surface area contributed by atoms with Gasteiger partial charge in [0.15, 0.2) is 0 Å². The molecule has 1 atom stereocenters. The zero-order valence-corrected chi connectivity index (χ0v) is 17.5. The van der Waals surface area contributed by atoms with Crippen LogP contribution in [0.1, 0.15) is 24.4 Å². The minimum absolute atomic E-state index is 0.0236. The van der Waals surface area contributed by atoms with Gasteiger partial charge in [-0.25, -0.2) is 4.68 Å². The molecule has 0 bridgehead atoms. The number of amides is 1. The van der Waals surface area contributed by atoms with Crippen molar-refractivity contribution in [2.75, 3.05) is 10.6 Å². The van der Waals surface area contributed by atoms with Gasteiger partial charge in [-0.15, -0.1) is 5.10 Å². The van der Waals surface area contributed by atoms with Gasteiger partial charge in [0.25, 0.3) is 17.4 Å². The number of nitro benzene ring substituents is 1. The smallest absolute Gasteiger partial charge is 0.328 e. The summed E-state index contributed by atoms with van der Waals surface area (Å²) in [6.07, 6.45) is -4.86.